The number of hydrogen-bond acceptors (Lipinski definition) is 2. The Morgan fingerprint density at radius 3 is 2.24 bits per heavy atom. The van der Waals surface area contributed by atoms with Crippen LogP contribution in [0.3, 0.4) is 0 Å². The van der Waals surface area contributed by atoms with Crippen LogP contribution in [-0.2, 0) is 6.42 Å². The van der Waals surface area contributed by atoms with Gasteiger partial charge in [0, 0.05) is 12.0 Å². The number of Topliss-reactive ketones (excluding diaryl/α,β-unsaturated/α-hetero) is 1. The molecular formula is C19H16O2. The number of aryl methyl sites for hydroxylation is 1. The molecule has 2 aromatic carbocycles. The van der Waals surface area contributed by atoms with E-state index < -0.39 is 0 Å². The summed E-state index contributed by atoms with van der Waals surface area (Å²) in [5.74, 6) is 0.478. The Morgan fingerprint density at radius 2 is 1.52 bits per heavy atom. The number of hydrogen-bond donors (Lipinski definition) is 0. The molecule has 0 N–H and O–H groups in total. The van der Waals surface area contributed by atoms with Crippen LogP contribution in [0.15, 0.2) is 77.4 Å². The average Bonchev–Trinajstić information content (AvgIpc) is 3.04. The summed E-state index contributed by atoms with van der Waals surface area (Å²) in [6.07, 6.45) is 2.85. The van der Waals surface area contributed by atoms with Gasteiger partial charge in [0.1, 0.15) is 0 Å². The molecule has 0 aliphatic heterocycles. The first kappa shape index (κ1) is 13.4. The smallest absolute Gasteiger partial charge is 0.198 e. The molecule has 1 aromatic heterocycles. The molecule has 0 spiro atoms. The van der Waals surface area contributed by atoms with Crippen LogP contribution in [0.5, 0.6) is 0 Å². The monoisotopic (exact) mass is 276 g/mol. The number of rotatable bonds is 5. The molecule has 3 rings (SSSR count). The molecule has 0 saturated carbocycles. The third-order valence-electron chi connectivity index (χ3n) is 3.46. The summed E-state index contributed by atoms with van der Waals surface area (Å²) in [7, 11) is 0. The van der Waals surface area contributed by atoms with Gasteiger partial charge in [0.15, 0.2) is 11.5 Å². The summed E-state index contributed by atoms with van der Waals surface area (Å²) in [5, 5.41) is 0. The number of furan rings is 1. The van der Waals surface area contributed by atoms with Crippen LogP contribution in [0.2, 0.25) is 0 Å². The van der Waals surface area contributed by atoms with Crippen molar-refractivity contribution >= 4 is 5.78 Å². The van der Waals surface area contributed by atoms with Crippen molar-refractivity contribution < 1.29 is 9.21 Å². The summed E-state index contributed by atoms with van der Waals surface area (Å²) in [6, 6.07) is 21.8. The molecule has 0 saturated heterocycles. The molecule has 0 atom stereocenters. The summed E-state index contributed by atoms with van der Waals surface area (Å²) in [6.45, 7) is 0. The van der Waals surface area contributed by atoms with Crippen molar-refractivity contribution in [2.24, 2.45) is 0 Å². The van der Waals surface area contributed by atoms with Crippen LogP contribution in [0.1, 0.15) is 22.5 Å². The second-order valence-corrected chi connectivity index (χ2v) is 4.97. The zero-order chi connectivity index (χ0) is 14.5. The van der Waals surface area contributed by atoms with E-state index in [-0.39, 0.29) is 5.78 Å². The summed E-state index contributed by atoms with van der Waals surface area (Å²) in [5.41, 5.74) is 3.17. The fourth-order valence-corrected chi connectivity index (χ4v) is 2.29. The lowest BCUT2D eigenvalue weighted by Crippen LogP contribution is -1.99. The van der Waals surface area contributed by atoms with Crippen molar-refractivity contribution in [3.8, 4) is 11.1 Å². The Bertz CT molecular complexity index is 712. The standard InChI is InChI=1S/C19H16O2/c20-18(12-11-15-7-3-1-4-8-15)19-13-17(14-21-19)16-9-5-2-6-10-16/h1-10,13-14H,11-12H2. The Kier molecular flexibility index (Phi) is 3.97. The first-order valence-electron chi connectivity index (χ1n) is 7.04. The minimum absolute atomic E-state index is 0.0426. The lowest BCUT2D eigenvalue weighted by atomic mass is 10.1. The third kappa shape index (κ3) is 3.29. The molecular weight excluding hydrogens is 260 g/mol. The van der Waals surface area contributed by atoms with Gasteiger partial charge in [-0.15, -0.1) is 0 Å². The first-order valence-corrected chi connectivity index (χ1v) is 7.04. The minimum Gasteiger partial charge on any atom is -0.461 e. The normalized spacial score (nSPS) is 10.5. The molecule has 104 valence electrons. The van der Waals surface area contributed by atoms with Crippen molar-refractivity contribution in [3.05, 3.63) is 84.3 Å². The maximum absolute atomic E-state index is 12.2. The van der Waals surface area contributed by atoms with E-state index in [4.69, 9.17) is 4.42 Å². The Morgan fingerprint density at radius 1 is 0.857 bits per heavy atom. The van der Waals surface area contributed by atoms with Crippen LogP contribution in [0.4, 0.5) is 0 Å². The van der Waals surface area contributed by atoms with E-state index in [1.165, 1.54) is 5.56 Å². The fraction of sp³-hybridized carbons (Fsp3) is 0.105. The summed E-state index contributed by atoms with van der Waals surface area (Å²) in [4.78, 5) is 12.2. The predicted molar refractivity (Wildman–Crippen MR) is 83.2 cm³/mol. The van der Waals surface area contributed by atoms with Crippen LogP contribution in [0, 0.1) is 0 Å². The first-order chi connectivity index (χ1) is 10.3. The Labute approximate surface area is 124 Å². The number of benzene rings is 2. The van der Waals surface area contributed by atoms with Gasteiger partial charge in [-0.2, -0.15) is 0 Å². The number of carbonyl (C=O) groups is 1. The van der Waals surface area contributed by atoms with E-state index in [1.54, 1.807) is 6.26 Å². The number of carbonyl (C=O) groups excluding carboxylic acids is 1. The van der Waals surface area contributed by atoms with E-state index in [0.717, 1.165) is 17.5 Å². The van der Waals surface area contributed by atoms with Gasteiger partial charge in [-0.25, -0.2) is 0 Å². The van der Waals surface area contributed by atoms with E-state index in [0.29, 0.717) is 12.2 Å². The van der Waals surface area contributed by atoms with Gasteiger partial charge in [0.25, 0.3) is 0 Å². The van der Waals surface area contributed by atoms with Crippen molar-refractivity contribution in [2.75, 3.05) is 0 Å². The van der Waals surface area contributed by atoms with Crippen molar-refractivity contribution in [1.29, 1.82) is 0 Å². The van der Waals surface area contributed by atoms with E-state index in [9.17, 15) is 4.79 Å². The predicted octanol–water partition coefficient (Wildman–Crippen LogP) is 4.76. The fourth-order valence-electron chi connectivity index (χ4n) is 2.29. The molecule has 0 aliphatic carbocycles. The average molecular weight is 276 g/mol. The van der Waals surface area contributed by atoms with Crippen molar-refractivity contribution in [1.82, 2.24) is 0 Å². The lowest BCUT2D eigenvalue weighted by molar-refractivity contribution is 0.0956. The molecule has 0 radical (unpaired) electrons. The van der Waals surface area contributed by atoms with Gasteiger partial charge in [-0.05, 0) is 23.6 Å². The Hall–Kier alpha value is -2.61. The van der Waals surface area contributed by atoms with Crippen LogP contribution >= 0.6 is 0 Å². The molecule has 0 amide bonds. The quantitative estimate of drug-likeness (QED) is 0.629. The van der Waals surface area contributed by atoms with Crippen LogP contribution < -0.4 is 0 Å². The molecule has 0 fully saturated rings. The Balaban J connectivity index is 1.67. The highest BCUT2D eigenvalue weighted by Gasteiger charge is 2.12. The van der Waals surface area contributed by atoms with Crippen molar-refractivity contribution in [3.63, 3.8) is 0 Å². The maximum Gasteiger partial charge on any atom is 0.198 e. The summed E-state index contributed by atoms with van der Waals surface area (Å²) < 4.78 is 5.42. The second kappa shape index (κ2) is 6.23. The van der Waals surface area contributed by atoms with Gasteiger partial charge >= 0.3 is 0 Å². The highest BCUT2D eigenvalue weighted by molar-refractivity contribution is 5.94. The molecule has 3 aromatic rings. The van der Waals surface area contributed by atoms with Gasteiger partial charge < -0.3 is 4.42 Å². The molecule has 2 heteroatoms. The molecule has 1 heterocycles. The molecule has 2 nitrogen and oxygen atoms in total. The van der Waals surface area contributed by atoms with Gasteiger partial charge in [-0.3, -0.25) is 4.79 Å². The molecule has 0 unspecified atom stereocenters. The maximum atomic E-state index is 12.2. The number of ketones is 1. The molecule has 0 bridgehead atoms. The van der Waals surface area contributed by atoms with Crippen molar-refractivity contribution in [2.45, 2.75) is 12.8 Å². The van der Waals surface area contributed by atoms with E-state index in [2.05, 4.69) is 0 Å². The topological polar surface area (TPSA) is 30.2 Å². The van der Waals surface area contributed by atoms with E-state index >= 15 is 0 Å². The third-order valence-corrected chi connectivity index (χ3v) is 3.46. The summed E-state index contributed by atoms with van der Waals surface area (Å²) >= 11 is 0. The van der Waals surface area contributed by atoms with Crippen LogP contribution in [0.25, 0.3) is 11.1 Å². The SMILES string of the molecule is O=C(CCc1ccccc1)c1cc(-c2ccccc2)co1. The lowest BCUT2D eigenvalue weighted by Gasteiger charge is -1.98. The van der Waals surface area contributed by atoms with Gasteiger partial charge in [0.05, 0.1) is 6.26 Å². The highest BCUT2D eigenvalue weighted by atomic mass is 16.3. The van der Waals surface area contributed by atoms with Gasteiger partial charge in [-0.1, -0.05) is 60.7 Å². The van der Waals surface area contributed by atoms with Gasteiger partial charge in [0.2, 0.25) is 0 Å². The minimum atomic E-state index is 0.0426. The highest BCUT2D eigenvalue weighted by Crippen LogP contribution is 2.22. The van der Waals surface area contributed by atoms with E-state index in [1.807, 2.05) is 66.7 Å². The zero-order valence-electron chi connectivity index (χ0n) is 11.7. The zero-order valence-corrected chi connectivity index (χ0v) is 11.7. The second-order valence-electron chi connectivity index (χ2n) is 4.97. The largest absolute Gasteiger partial charge is 0.461 e. The van der Waals surface area contributed by atoms with Crippen LogP contribution in [-0.4, -0.2) is 5.78 Å². The molecule has 21 heavy (non-hydrogen) atoms. The molecule has 0 aliphatic rings.